The summed E-state index contributed by atoms with van der Waals surface area (Å²) in [5.41, 5.74) is 7.47. The van der Waals surface area contributed by atoms with Crippen LogP contribution in [0.1, 0.15) is 52.0 Å². The molecule has 1 aromatic rings. The molecule has 0 amide bonds. The number of nitrogens with zero attached hydrogens (tertiary/aromatic N) is 1. The van der Waals surface area contributed by atoms with E-state index in [1.807, 2.05) is 12.1 Å². The van der Waals surface area contributed by atoms with E-state index in [4.69, 9.17) is 5.73 Å². The average Bonchev–Trinajstić information content (AvgIpc) is 2.49. The van der Waals surface area contributed by atoms with Crippen LogP contribution in [0.5, 0.6) is 0 Å². The number of hydrogen-bond acceptors (Lipinski definition) is 2. The molecule has 2 N–H and O–H groups in total. The van der Waals surface area contributed by atoms with E-state index in [2.05, 4.69) is 20.8 Å². The van der Waals surface area contributed by atoms with Crippen LogP contribution in [-0.2, 0) is 5.41 Å². The standard InChI is InChI=1S/C18H27F3N2/c1-18(2,3)12-4-8-14(9-5-12)23(17(21)16(19)20)15-10-6-13(22)7-11-15/h4-5,8-9,13,15-17H,6-7,10-11,22H2,1-3H3. The highest BCUT2D eigenvalue weighted by molar-refractivity contribution is 5.50. The molecule has 23 heavy (non-hydrogen) atoms. The Morgan fingerprint density at radius 3 is 1.96 bits per heavy atom. The molecule has 0 saturated heterocycles. The molecule has 0 bridgehead atoms. The molecule has 1 atom stereocenters. The number of halogens is 3. The van der Waals surface area contributed by atoms with Gasteiger partial charge in [-0.05, 0) is 48.8 Å². The lowest BCUT2D eigenvalue weighted by Gasteiger charge is -2.39. The first-order valence-electron chi connectivity index (χ1n) is 8.27. The molecule has 0 aliphatic heterocycles. The zero-order valence-corrected chi connectivity index (χ0v) is 14.1. The molecule has 130 valence electrons. The van der Waals surface area contributed by atoms with Crippen molar-refractivity contribution in [2.45, 2.75) is 76.7 Å². The van der Waals surface area contributed by atoms with Gasteiger partial charge in [-0.2, -0.15) is 0 Å². The predicted molar refractivity (Wildman–Crippen MR) is 88.8 cm³/mol. The summed E-state index contributed by atoms with van der Waals surface area (Å²) in [6.07, 6.45) is -2.51. The lowest BCUT2D eigenvalue weighted by atomic mass is 9.86. The highest BCUT2D eigenvalue weighted by atomic mass is 19.3. The van der Waals surface area contributed by atoms with Crippen molar-refractivity contribution < 1.29 is 13.2 Å². The van der Waals surface area contributed by atoms with Crippen molar-refractivity contribution in [3.8, 4) is 0 Å². The molecule has 2 rings (SSSR count). The van der Waals surface area contributed by atoms with Crippen LogP contribution in [0, 0.1) is 0 Å². The molecule has 5 heteroatoms. The van der Waals surface area contributed by atoms with Crippen LogP contribution in [0.25, 0.3) is 0 Å². The monoisotopic (exact) mass is 328 g/mol. The first-order valence-corrected chi connectivity index (χ1v) is 8.27. The van der Waals surface area contributed by atoms with E-state index in [9.17, 15) is 13.2 Å². The van der Waals surface area contributed by atoms with E-state index in [-0.39, 0.29) is 17.5 Å². The Morgan fingerprint density at radius 1 is 1.00 bits per heavy atom. The number of hydrogen-bond donors (Lipinski definition) is 1. The van der Waals surface area contributed by atoms with Gasteiger partial charge in [-0.3, -0.25) is 0 Å². The second kappa shape index (κ2) is 7.12. The Kier molecular flexibility index (Phi) is 5.61. The van der Waals surface area contributed by atoms with Crippen LogP contribution in [0.15, 0.2) is 24.3 Å². The van der Waals surface area contributed by atoms with Gasteiger partial charge < -0.3 is 10.6 Å². The first kappa shape index (κ1) is 18.1. The Morgan fingerprint density at radius 2 is 1.52 bits per heavy atom. The van der Waals surface area contributed by atoms with Crippen LogP contribution < -0.4 is 10.6 Å². The van der Waals surface area contributed by atoms with Gasteiger partial charge in [0.2, 0.25) is 6.30 Å². The van der Waals surface area contributed by atoms with Gasteiger partial charge in [-0.1, -0.05) is 32.9 Å². The maximum atomic E-state index is 14.2. The topological polar surface area (TPSA) is 29.3 Å². The molecule has 1 aliphatic carbocycles. The predicted octanol–water partition coefficient (Wildman–Crippen LogP) is 4.62. The van der Waals surface area contributed by atoms with Gasteiger partial charge in [0.25, 0.3) is 6.43 Å². The van der Waals surface area contributed by atoms with E-state index >= 15 is 0 Å². The van der Waals surface area contributed by atoms with Gasteiger partial charge in [0.15, 0.2) is 0 Å². The van der Waals surface area contributed by atoms with Gasteiger partial charge in [0.05, 0.1) is 0 Å². The molecule has 1 aliphatic rings. The van der Waals surface area contributed by atoms with Crippen LogP contribution in [-0.4, -0.2) is 24.8 Å². The number of alkyl halides is 3. The lowest BCUT2D eigenvalue weighted by molar-refractivity contribution is 0.0408. The number of nitrogens with two attached hydrogens (primary N) is 1. The zero-order chi connectivity index (χ0) is 17.2. The van der Waals surface area contributed by atoms with Gasteiger partial charge in [-0.15, -0.1) is 0 Å². The second-order valence-electron chi connectivity index (χ2n) is 7.48. The molecular formula is C18H27F3N2. The Hall–Kier alpha value is -1.23. The van der Waals surface area contributed by atoms with Crippen LogP contribution in [0.2, 0.25) is 0 Å². The third kappa shape index (κ3) is 4.40. The Labute approximate surface area is 136 Å². The molecule has 0 aromatic heterocycles. The molecule has 1 unspecified atom stereocenters. The van der Waals surface area contributed by atoms with Crippen molar-refractivity contribution >= 4 is 5.69 Å². The van der Waals surface area contributed by atoms with E-state index in [1.165, 1.54) is 4.90 Å². The number of benzene rings is 1. The smallest absolute Gasteiger partial charge is 0.287 e. The van der Waals surface area contributed by atoms with Crippen molar-refractivity contribution in [2.75, 3.05) is 4.90 Å². The van der Waals surface area contributed by atoms with Gasteiger partial charge in [0, 0.05) is 17.8 Å². The summed E-state index contributed by atoms with van der Waals surface area (Å²) in [4.78, 5) is 1.25. The van der Waals surface area contributed by atoms with E-state index in [1.54, 1.807) is 12.1 Å². The van der Waals surface area contributed by atoms with E-state index in [0.717, 1.165) is 18.4 Å². The third-order valence-electron chi connectivity index (χ3n) is 4.64. The Bertz CT molecular complexity index is 488. The minimum atomic E-state index is -3.02. The summed E-state index contributed by atoms with van der Waals surface area (Å²) < 4.78 is 40.3. The molecular weight excluding hydrogens is 301 g/mol. The van der Waals surface area contributed by atoms with Crippen molar-refractivity contribution in [1.29, 1.82) is 0 Å². The second-order valence-corrected chi connectivity index (χ2v) is 7.48. The molecule has 1 aromatic carbocycles. The fourth-order valence-corrected chi connectivity index (χ4v) is 3.19. The summed E-state index contributed by atoms with van der Waals surface area (Å²) in [7, 11) is 0. The fraction of sp³-hybridized carbons (Fsp3) is 0.667. The molecule has 1 saturated carbocycles. The summed E-state index contributed by atoms with van der Waals surface area (Å²) in [6, 6.07) is 7.18. The minimum Gasteiger partial charge on any atom is -0.334 e. The third-order valence-corrected chi connectivity index (χ3v) is 4.64. The largest absolute Gasteiger partial charge is 0.334 e. The van der Waals surface area contributed by atoms with Crippen molar-refractivity contribution in [2.24, 2.45) is 5.73 Å². The van der Waals surface area contributed by atoms with Crippen LogP contribution in [0.4, 0.5) is 18.9 Å². The normalized spacial score (nSPS) is 23.8. The molecule has 1 fully saturated rings. The first-order chi connectivity index (χ1) is 10.7. The molecule has 0 heterocycles. The van der Waals surface area contributed by atoms with Gasteiger partial charge >= 0.3 is 0 Å². The SMILES string of the molecule is CC(C)(C)c1ccc(N(C2CCC(N)CC2)C(F)C(F)F)cc1. The number of rotatable bonds is 4. The van der Waals surface area contributed by atoms with E-state index in [0.29, 0.717) is 18.5 Å². The van der Waals surface area contributed by atoms with Crippen molar-refractivity contribution in [3.05, 3.63) is 29.8 Å². The van der Waals surface area contributed by atoms with Gasteiger partial charge in [0.1, 0.15) is 0 Å². The lowest BCUT2D eigenvalue weighted by Crippen LogP contribution is -2.47. The highest BCUT2D eigenvalue weighted by Gasteiger charge is 2.34. The van der Waals surface area contributed by atoms with Gasteiger partial charge in [-0.25, -0.2) is 13.2 Å². The minimum absolute atomic E-state index is 0.0290. The Balaban J connectivity index is 2.26. The zero-order valence-electron chi connectivity index (χ0n) is 14.1. The van der Waals surface area contributed by atoms with Crippen LogP contribution >= 0.6 is 0 Å². The summed E-state index contributed by atoms with van der Waals surface area (Å²) in [5.74, 6) is 0. The maximum Gasteiger partial charge on any atom is 0.287 e. The highest BCUT2D eigenvalue weighted by Crippen LogP contribution is 2.33. The summed E-state index contributed by atoms with van der Waals surface area (Å²) in [6.45, 7) is 6.25. The summed E-state index contributed by atoms with van der Waals surface area (Å²) in [5, 5.41) is 0. The fourth-order valence-electron chi connectivity index (χ4n) is 3.19. The number of anilines is 1. The van der Waals surface area contributed by atoms with Crippen molar-refractivity contribution in [3.63, 3.8) is 0 Å². The molecule has 2 nitrogen and oxygen atoms in total. The maximum absolute atomic E-state index is 14.2. The average molecular weight is 328 g/mol. The van der Waals surface area contributed by atoms with Crippen molar-refractivity contribution in [1.82, 2.24) is 0 Å². The summed E-state index contributed by atoms with van der Waals surface area (Å²) >= 11 is 0. The molecule has 0 spiro atoms. The van der Waals surface area contributed by atoms with Crippen LogP contribution in [0.3, 0.4) is 0 Å². The quantitative estimate of drug-likeness (QED) is 0.817. The van der Waals surface area contributed by atoms with E-state index < -0.39 is 12.7 Å². The molecule has 0 radical (unpaired) electrons.